The number of aromatic nitrogens is 2. The molecule has 0 atom stereocenters. The number of anilines is 1. The highest BCUT2D eigenvalue weighted by Crippen LogP contribution is 2.40. The maximum atomic E-state index is 12.9. The van der Waals surface area contributed by atoms with Crippen LogP contribution in [0.25, 0.3) is 22.4 Å². The highest BCUT2D eigenvalue weighted by Gasteiger charge is 2.23. The summed E-state index contributed by atoms with van der Waals surface area (Å²) in [5.74, 6) is 3.05. The Balaban J connectivity index is 1.18. The van der Waals surface area contributed by atoms with Gasteiger partial charge in [-0.15, -0.1) is 10.2 Å². The average Bonchev–Trinajstić information content (AvgIpc) is 3.03. The Bertz CT molecular complexity index is 1410. The maximum Gasteiger partial charge on any atom is 0.260 e. The van der Waals surface area contributed by atoms with Gasteiger partial charge in [-0.1, -0.05) is 48.5 Å². The molecule has 5 rings (SSSR count). The molecule has 1 aliphatic heterocycles. The van der Waals surface area contributed by atoms with Crippen LogP contribution >= 0.6 is 0 Å². The van der Waals surface area contributed by atoms with Crippen molar-refractivity contribution in [3.05, 3.63) is 78.9 Å². The van der Waals surface area contributed by atoms with Gasteiger partial charge >= 0.3 is 0 Å². The van der Waals surface area contributed by atoms with Crippen LogP contribution in [0.15, 0.2) is 78.9 Å². The van der Waals surface area contributed by atoms with E-state index in [2.05, 4.69) is 15.1 Å². The molecular formula is C31H32N4O5. The standard InChI is InChI=1S/C31H32N4O5/c1-37-27-19-23(20-28(38-2)31(27)39-3)25-13-14-29(33-32-25)34-15-17-35(18-16-34)30(36)21-40-26-12-8-7-11-24(26)22-9-5-4-6-10-22/h4-14,19-20H,15-18,21H2,1-3H3. The number of methoxy groups -OCH3 is 3. The van der Waals surface area contributed by atoms with E-state index in [0.29, 0.717) is 54.9 Å². The molecule has 1 aliphatic rings. The number of piperazine rings is 1. The van der Waals surface area contributed by atoms with Crippen LogP contribution in [0.3, 0.4) is 0 Å². The molecule has 0 N–H and O–H groups in total. The predicted molar refractivity (Wildman–Crippen MR) is 153 cm³/mol. The van der Waals surface area contributed by atoms with E-state index in [1.165, 1.54) is 0 Å². The molecule has 0 unspecified atom stereocenters. The molecule has 1 saturated heterocycles. The van der Waals surface area contributed by atoms with E-state index in [-0.39, 0.29) is 12.5 Å². The summed E-state index contributed by atoms with van der Waals surface area (Å²) in [5, 5.41) is 8.89. The second-order valence-corrected chi connectivity index (χ2v) is 9.21. The van der Waals surface area contributed by atoms with Gasteiger partial charge in [-0.3, -0.25) is 4.79 Å². The summed E-state index contributed by atoms with van der Waals surface area (Å²) in [7, 11) is 4.73. The van der Waals surface area contributed by atoms with Crippen LogP contribution in [-0.4, -0.2) is 75.1 Å². The zero-order chi connectivity index (χ0) is 27.9. The third-order valence-electron chi connectivity index (χ3n) is 6.89. The molecule has 9 heteroatoms. The first-order valence-electron chi connectivity index (χ1n) is 13.1. The molecule has 4 aromatic rings. The van der Waals surface area contributed by atoms with Crippen molar-refractivity contribution in [3.63, 3.8) is 0 Å². The van der Waals surface area contributed by atoms with Gasteiger partial charge in [0.2, 0.25) is 5.75 Å². The number of hydrogen-bond donors (Lipinski definition) is 0. The van der Waals surface area contributed by atoms with Crippen molar-refractivity contribution in [2.75, 3.05) is 59.0 Å². The van der Waals surface area contributed by atoms with Crippen molar-refractivity contribution in [3.8, 4) is 45.4 Å². The van der Waals surface area contributed by atoms with Crippen LogP contribution in [0.1, 0.15) is 0 Å². The molecule has 2 heterocycles. The summed E-state index contributed by atoms with van der Waals surface area (Å²) in [6, 6.07) is 25.3. The molecule has 3 aromatic carbocycles. The number of amides is 1. The SMILES string of the molecule is COc1cc(-c2ccc(N3CCN(C(=O)COc4ccccc4-c4ccccc4)CC3)nn2)cc(OC)c1OC. The molecule has 0 saturated carbocycles. The van der Waals surface area contributed by atoms with Crippen LogP contribution in [0.5, 0.6) is 23.0 Å². The fourth-order valence-electron chi connectivity index (χ4n) is 4.74. The smallest absolute Gasteiger partial charge is 0.260 e. The molecule has 0 bridgehead atoms. The van der Waals surface area contributed by atoms with Crippen molar-refractivity contribution in [2.24, 2.45) is 0 Å². The first-order chi connectivity index (χ1) is 19.6. The predicted octanol–water partition coefficient (Wildman–Crippen LogP) is 4.56. The van der Waals surface area contributed by atoms with Crippen LogP contribution in [0.4, 0.5) is 5.82 Å². The van der Waals surface area contributed by atoms with E-state index < -0.39 is 0 Å². The van der Waals surface area contributed by atoms with Crippen LogP contribution in [0, 0.1) is 0 Å². The quantitative estimate of drug-likeness (QED) is 0.305. The second-order valence-electron chi connectivity index (χ2n) is 9.21. The van der Waals surface area contributed by atoms with Crippen molar-refractivity contribution in [2.45, 2.75) is 0 Å². The number of carbonyl (C=O) groups is 1. The second kappa shape index (κ2) is 12.4. The van der Waals surface area contributed by atoms with E-state index >= 15 is 0 Å². The first-order valence-corrected chi connectivity index (χ1v) is 13.1. The summed E-state index contributed by atoms with van der Waals surface area (Å²) >= 11 is 0. The molecule has 0 radical (unpaired) electrons. The Kier molecular flexibility index (Phi) is 8.29. The molecular weight excluding hydrogens is 508 g/mol. The Morgan fingerprint density at radius 2 is 1.40 bits per heavy atom. The summed E-state index contributed by atoms with van der Waals surface area (Å²) in [4.78, 5) is 16.9. The van der Waals surface area contributed by atoms with Gasteiger partial charge in [0.1, 0.15) is 5.75 Å². The van der Waals surface area contributed by atoms with Gasteiger partial charge in [0.15, 0.2) is 23.9 Å². The van der Waals surface area contributed by atoms with Gasteiger partial charge in [0.25, 0.3) is 5.91 Å². The zero-order valence-electron chi connectivity index (χ0n) is 22.9. The molecule has 40 heavy (non-hydrogen) atoms. The highest BCUT2D eigenvalue weighted by atomic mass is 16.5. The van der Waals surface area contributed by atoms with E-state index in [4.69, 9.17) is 18.9 Å². The van der Waals surface area contributed by atoms with E-state index in [9.17, 15) is 4.79 Å². The number of rotatable bonds is 9. The normalized spacial score (nSPS) is 13.1. The van der Waals surface area contributed by atoms with Crippen LogP contribution in [0.2, 0.25) is 0 Å². The minimum atomic E-state index is -0.0358. The molecule has 1 amide bonds. The topological polar surface area (TPSA) is 86.3 Å². The van der Waals surface area contributed by atoms with E-state index in [0.717, 1.165) is 22.5 Å². The molecule has 1 aromatic heterocycles. The molecule has 206 valence electrons. The zero-order valence-corrected chi connectivity index (χ0v) is 22.9. The van der Waals surface area contributed by atoms with Gasteiger partial charge in [0.05, 0.1) is 27.0 Å². The lowest BCUT2D eigenvalue weighted by atomic mass is 10.1. The number of ether oxygens (including phenoxy) is 4. The fourth-order valence-corrected chi connectivity index (χ4v) is 4.74. The maximum absolute atomic E-state index is 12.9. The van der Waals surface area contributed by atoms with E-state index in [1.54, 1.807) is 21.3 Å². The minimum absolute atomic E-state index is 0.00681. The third-order valence-corrected chi connectivity index (χ3v) is 6.89. The van der Waals surface area contributed by atoms with Gasteiger partial charge in [-0.2, -0.15) is 0 Å². The number of benzene rings is 3. The van der Waals surface area contributed by atoms with Gasteiger partial charge in [-0.05, 0) is 35.9 Å². The molecule has 0 aliphatic carbocycles. The van der Waals surface area contributed by atoms with Crippen molar-refractivity contribution in [1.82, 2.24) is 15.1 Å². The van der Waals surface area contributed by atoms with Crippen LogP contribution in [-0.2, 0) is 4.79 Å². The Hall–Kier alpha value is -4.79. The van der Waals surface area contributed by atoms with Gasteiger partial charge < -0.3 is 28.7 Å². The lowest BCUT2D eigenvalue weighted by molar-refractivity contribution is -0.133. The minimum Gasteiger partial charge on any atom is -0.493 e. The monoisotopic (exact) mass is 540 g/mol. The summed E-state index contributed by atoms with van der Waals surface area (Å²) in [5.41, 5.74) is 3.51. The number of hydrogen-bond acceptors (Lipinski definition) is 8. The Morgan fingerprint density at radius 1 is 0.725 bits per heavy atom. The third kappa shape index (κ3) is 5.78. The number of carbonyl (C=O) groups excluding carboxylic acids is 1. The van der Waals surface area contributed by atoms with Crippen LogP contribution < -0.4 is 23.8 Å². The molecule has 9 nitrogen and oxygen atoms in total. The lowest BCUT2D eigenvalue weighted by Gasteiger charge is -2.35. The average molecular weight is 541 g/mol. The molecule has 1 fully saturated rings. The fraction of sp³-hybridized carbons (Fsp3) is 0.258. The highest BCUT2D eigenvalue weighted by molar-refractivity contribution is 5.79. The largest absolute Gasteiger partial charge is 0.493 e. The van der Waals surface area contributed by atoms with E-state index in [1.807, 2.05) is 83.8 Å². The van der Waals surface area contributed by atoms with Crippen molar-refractivity contribution < 1.29 is 23.7 Å². The number of nitrogens with zero attached hydrogens (tertiary/aromatic N) is 4. The first kappa shape index (κ1) is 26.8. The van der Waals surface area contributed by atoms with Crippen molar-refractivity contribution >= 4 is 11.7 Å². The van der Waals surface area contributed by atoms with Gasteiger partial charge in [-0.25, -0.2) is 0 Å². The molecule has 0 spiro atoms. The number of para-hydroxylation sites is 1. The van der Waals surface area contributed by atoms with Gasteiger partial charge in [0, 0.05) is 37.3 Å². The summed E-state index contributed by atoms with van der Waals surface area (Å²) < 4.78 is 22.3. The summed E-state index contributed by atoms with van der Waals surface area (Å²) in [6.07, 6.45) is 0. The Labute approximate surface area is 233 Å². The van der Waals surface area contributed by atoms with Crippen molar-refractivity contribution in [1.29, 1.82) is 0 Å². The lowest BCUT2D eigenvalue weighted by Crippen LogP contribution is -2.50. The summed E-state index contributed by atoms with van der Waals surface area (Å²) in [6.45, 7) is 2.47. The Morgan fingerprint density at radius 3 is 2.02 bits per heavy atom.